The lowest BCUT2D eigenvalue weighted by atomic mass is 10.2. The van der Waals surface area contributed by atoms with E-state index in [1.165, 1.54) is 5.56 Å². The fourth-order valence-electron chi connectivity index (χ4n) is 2.40. The minimum Gasteiger partial charge on any atom is -0.497 e. The van der Waals surface area contributed by atoms with Gasteiger partial charge in [0.2, 0.25) is 0 Å². The highest BCUT2D eigenvalue weighted by Gasteiger charge is 2.13. The first-order valence-electron chi connectivity index (χ1n) is 6.42. The van der Waals surface area contributed by atoms with E-state index < -0.39 is 0 Å². The zero-order valence-corrected chi connectivity index (χ0v) is 12.2. The Hall–Kier alpha value is -2.00. The summed E-state index contributed by atoms with van der Waals surface area (Å²) in [6, 6.07) is 14.1. The van der Waals surface area contributed by atoms with Gasteiger partial charge in [-0.05, 0) is 30.7 Å². The van der Waals surface area contributed by atoms with Crippen LogP contribution in [0.2, 0.25) is 0 Å². The van der Waals surface area contributed by atoms with E-state index in [-0.39, 0.29) is 0 Å². The zero-order chi connectivity index (χ0) is 14.1. The number of alkyl halides is 1. The normalized spacial score (nSPS) is 10.9. The molecule has 0 aliphatic carbocycles. The van der Waals surface area contributed by atoms with Crippen molar-refractivity contribution in [3.8, 4) is 11.4 Å². The third kappa shape index (κ3) is 2.04. The van der Waals surface area contributed by atoms with Crippen molar-refractivity contribution in [2.45, 2.75) is 12.8 Å². The summed E-state index contributed by atoms with van der Waals surface area (Å²) in [7, 11) is 1.66. The lowest BCUT2D eigenvalue weighted by Gasteiger charge is -2.11. The number of hydrogen-bond acceptors (Lipinski definition) is 2. The van der Waals surface area contributed by atoms with Gasteiger partial charge in [-0.15, -0.1) is 11.6 Å². The van der Waals surface area contributed by atoms with Crippen LogP contribution in [0.4, 0.5) is 0 Å². The van der Waals surface area contributed by atoms with Crippen LogP contribution >= 0.6 is 11.6 Å². The molecule has 3 rings (SSSR count). The Morgan fingerprint density at radius 2 is 2.00 bits per heavy atom. The molecule has 2 aromatic carbocycles. The molecule has 1 heterocycles. The van der Waals surface area contributed by atoms with Crippen molar-refractivity contribution >= 4 is 22.6 Å². The van der Waals surface area contributed by atoms with Gasteiger partial charge in [-0.2, -0.15) is 0 Å². The third-order valence-electron chi connectivity index (χ3n) is 3.41. The average Bonchev–Trinajstić information content (AvgIpc) is 2.85. The molecule has 1 aromatic heterocycles. The largest absolute Gasteiger partial charge is 0.497 e. The van der Waals surface area contributed by atoms with Gasteiger partial charge in [0, 0.05) is 6.07 Å². The predicted octanol–water partition coefficient (Wildman–Crippen LogP) is 4.08. The van der Waals surface area contributed by atoms with Gasteiger partial charge in [-0.25, -0.2) is 4.98 Å². The maximum absolute atomic E-state index is 6.06. The first-order valence-corrected chi connectivity index (χ1v) is 6.95. The van der Waals surface area contributed by atoms with Gasteiger partial charge >= 0.3 is 0 Å². The van der Waals surface area contributed by atoms with E-state index in [1.807, 2.05) is 30.3 Å². The topological polar surface area (TPSA) is 27.1 Å². The second-order valence-corrected chi connectivity index (χ2v) is 4.91. The Kier molecular flexibility index (Phi) is 3.36. The van der Waals surface area contributed by atoms with E-state index in [0.29, 0.717) is 5.88 Å². The van der Waals surface area contributed by atoms with Crippen LogP contribution < -0.4 is 4.74 Å². The summed E-state index contributed by atoms with van der Waals surface area (Å²) in [6.07, 6.45) is 0. The summed E-state index contributed by atoms with van der Waals surface area (Å²) >= 11 is 6.06. The number of fused-ring (bicyclic) bond motifs is 1. The number of rotatable bonds is 3. The molecule has 0 radical (unpaired) electrons. The van der Waals surface area contributed by atoms with Crippen LogP contribution in [-0.4, -0.2) is 16.7 Å². The van der Waals surface area contributed by atoms with Gasteiger partial charge in [0.1, 0.15) is 11.6 Å². The monoisotopic (exact) mass is 286 g/mol. The highest BCUT2D eigenvalue weighted by atomic mass is 35.5. The van der Waals surface area contributed by atoms with Crippen molar-refractivity contribution in [3.63, 3.8) is 0 Å². The van der Waals surface area contributed by atoms with E-state index in [4.69, 9.17) is 16.3 Å². The number of imidazole rings is 1. The fraction of sp³-hybridized carbons (Fsp3) is 0.188. The third-order valence-corrected chi connectivity index (χ3v) is 3.65. The molecule has 0 saturated carbocycles. The number of para-hydroxylation sites is 1. The summed E-state index contributed by atoms with van der Waals surface area (Å²) < 4.78 is 7.41. The van der Waals surface area contributed by atoms with Crippen molar-refractivity contribution < 1.29 is 4.74 Å². The molecule has 0 fully saturated rings. The van der Waals surface area contributed by atoms with E-state index >= 15 is 0 Å². The van der Waals surface area contributed by atoms with Crippen LogP contribution in [0.25, 0.3) is 16.7 Å². The van der Waals surface area contributed by atoms with Crippen molar-refractivity contribution in [1.82, 2.24) is 9.55 Å². The lowest BCUT2D eigenvalue weighted by molar-refractivity contribution is 0.415. The van der Waals surface area contributed by atoms with E-state index in [2.05, 4.69) is 28.6 Å². The minimum absolute atomic E-state index is 0.366. The molecule has 0 saturated heterocycles. The molecule has 4 heteroatoms. The number of benzene rings is 2. The summed E-state index contributed by atoms with van der Waals surface area (Å²) in [6.45, 7) is 2.08. The molecule has 0 atom stereocenters. The number of aromatic nitrogens is 2. The van der Waals surface area contributed by atoms with Crippen molar-refractivity contribution in [2.24, 2.45) is 0 Å². The Labute approximate surface area is 122 Å². The first kappa shape index (κ1) is 13.0. The van der Waals surface area contributed by atoms with E-state index in [0.717, 1.165) is 28.3 Å². The predicted molar refractivity (Wildman–Crippen MR) is 81.9 cm³/mol. The highest BCUT2D eigenvalue weighted by molar-refractivity contribution is 6.17. The summed E-state index contributed by atoms with van der Waals surface area (Å²) in [5, 5.41) is 0. The molecule has 0 bridgehead atoms. The number of hydrogen-bond donors (Lipinski definition) is 0. The summed E-state index contributed by atoms with van der Waals surface area (Å²) in [5.74, 6) is 2.02. The fourth-order valence-corrected chi connectivity index (χ4v) is 2.58. The first-order chi connectivity index (χ1) is 9.74. The quantitative estimate of drug-likeness (QED) is 0.678. The van der Waals surface area contributed by atoms with Gasteiger partial charge < -0.3 is 4.74 Å². The molecule has 0 aliphatic heterocycles. The smallest absolute Gasteiger partial charge is 0.129 e. The summed E-state index contributed by atoms with van der Waals surface area (Å²) in [4.78, 5) is 4.60. The second kappa shape index (κ2) is 5.17. The van der Waals surface area contributed by atoms with Crippen LogP contribution in [-0.2, 0) is 5.88 Å². The molecule has 3 nitrogen and oxygen atoms in total. The maximum atomic E-state index is 6.06. The van der Waals surface area contributed by atoms with Crippen LogP contribution in [0.3, 0.4) is 0 Å². The standard InChI is InChI=1S/C16H15ClN2O/c1-11-5-3-4-6-14(11)19-15-9-12(20-2)7-8-13(15)18-16(19)10-17/h3-9H,10H2,1-2H3. The Bertz CT molecular complexity index is 764. The number of methoxy groups -OCH3 is 1. The second-order valence-electron chi connectivity index (χ2n) is 4.64. The molecule has 102 valence electrons. The SMILES string of the molecule is COc1ccc2nc(CCl)n(-c3ccccc3C)c2c1. The number of nitrogens with zero attached hydrogens (tertiary/aromatic N) is 2. The van der Waals surface area contributed by atoms with Gasteiger partial charge in [0.25, 0.3) is 0 Å². The van der Waals surface area contributed by atoms with Crippen LogP contribution in [0, 0.1) is 6.92 Å². The molecular formula is C16H15ClN2O. The van der Waals surface area contributed by atoms with Crippen LogP contribution in [0.15, 0.2) is 42.5 Å². The highest BCUT2D eigenvalue weighted by Crippen LogP contribution is 2.27. The lowest BCUT2D eigenvalue weighted by Crippen LogP contribution is -2.01. The van der Waals surface area contributed by atoms with Gasteiger partial charge in [-0.3, -0.25) is 4.57 Å². The van der Waals surface area contributed by atoms with Crippen molar-refractivity contribution in [1.29, 1.82) is 0 Å². The molecule has 0 N–H and O–H groups in total. The van der Waals surface area contributed by atoms with Gasteiger partial charge in [0.15, 0.2) is 0 Å². The van der Waals surface area contributed by atoms with E-state index in [1.54, 1.807) is 7.11 Å². The van der Waals surface area contributed by atoms with E-state index in [9.17, 15) is 0 Å². The van der Waals surface area contributed by atoms with Gasteiger partial charge in [0.05, 0.1) is 29.7 Å². The van der Waals surface area contributed by atoms with Crippen LogP contribution in [0.5, 0.6) is 5.75 Å². The molecule has 0 spiro atoms. The number of aryl methyl sites for hydroxylation is 1. The Balaban J connectivity index is 2.35. The van der Waals surface area contributed by atoms with Crippen molar-refractivity contribution in [2.75, 3.05) is 7.11 Å². The molecule has 0 amide bonds. The maximum Gasteiger partial charge on any atom is 0.129 e. The average molecular weight is 287 g/mol. The Morgan fingerprint density at radius 1 is 1.20 bits per heavy atom. The molecule has 0 aliphatic rings. The molecule has 0 unspecified atom stereocenters. The number of halogens is 1. The summed E-state index contributed by atoms with van der Waals surface area (Å²) in [5.41, 5.74) is 4.21. The number of ether oxygens (including phenoxy) is 1. The molecule has 3 aromatic rings. The molecular weight excluding hydrogens is 272 g/mol. The Morgan fingerprint density at radius 3 is 2.70 bits per heavy atom. The zero-order valence-electron chi connectivity index (χ0n) is 11.4. The molecule has 20 heavy (non-hydrogen) atoms. The minimum atomic E-state index is 0.366. The van der Waals surface area contributed by atoms with Gasteiger partial charge in [-0.1, -0.05) is 18.2 Å². The van der Waals surface area contributed by atoms with Crippen molar-refractivity contribution in [3.05, 3.63) is 53.9 Å². The van der Waals surface area contributed by atoms with Crippen LogP contribution in [0.1, 0.15) is 11.4 Å².